The Balaban J connectivity index is 1.38. The van der Waals surface area contributed by atoms with Crippen LogP contribution in [0.1, 0.15) is 46.5 Å². The number of hydrogen-bond donors (Lipinski definition) is 2. The molecular formula is C27H38Cl2N4O6. The predicted octanol–water partition coefficient (Wildman–Crippen LogP) is 4.23. The van der Waals surface area contributed by atoms with Crippen LogP contribution in [0.2, 0.25) is 10.0 Å². The van der Waals surface area contributed by atoms with E-state index in [1.807, 2.05) is 0 Å². The summed E-state index contributed by atoms with van der Waals surface area (Å²) in [5, 5.41) is 14.1. The molecule has 2 saturated heterocycles. The van der Waals surface area contributed by atoms with Gasteiger partial charge in [-0.2, -0.15) is 0 Å². The zero-order valence-electron chi connectivity index (χ0n) is 22.7. The van der Waals surface area contributed by atoms with Gasteiger partial charge in [0.15, 0.2) is 0 Å². The third-order valence-electron chi connectivity index (χ3n) is 8.02. The number of carbonyl (C=O) groups excluding carboxylic acids is 3. The zero-order chi connectivity index (χ0) is 28.3. The average molecular weight is 586 g/mol. The van der Waals surface area contributed by atoms with Crippen molar-refractivity contribution < 1.29 is 29.0 Å². The van der Waals surface area contributed by atoms with Crippen molar-refractivity contribution in [3.05, 3.63) is 28.2 Å². The molecule has 1 aromatic carbocycles. The summed E-state index contributed by atoms with van der Waals surface area (Å²) in [6, 6.07) is 3.25. The topological polar surface area (TPSA) is 112 Å². The van der Waals surface area contributed by atoms with Gasteiger partial charge in [-0.25, -0.2) is 9.59 Å². The van der Waals surface area contributed by atoms with E-state index >= 15 is 0 Å². The van der Waals surface area contributed by atoms with Crippen molar-refractivity contribution in [3.63, 3.8) is 0 Å². The fourth-order valence-corrected chi connectivity index (χ4v) is 5.68. The highest BCUT2D eigenvalue weighted by molar-refractivity contribution is 6.42. The van der Waals surface area contributed by atoms with Gasteiger partial charge in [-0.15, -0.1) is 0 Å². The van der Waals surface area contributed by atoms with Crippen LogP contribution in [0, 0.1) is 5.41 Å². The third-order valence-corrected chi connectivity index (χ3v) is 8.76. The van der Waals surface area contributed by atoms with Crippen molar-refractivity contribution in [3.8, 4) is 0 Å². The Labute approximate surface area is 239 Å². The van der Waals surface area contributed by atoms with Crippen LogP contribution in [0.5, 0.6) is 0 Å². The first-order valence-electron chi connectivity index (χ1n) is 13.6. The number of amides is 3. The average Bonchev–Trinajstić information content (AvgIpc) is 3.66. The molecule has 4 rings (SSSR count). The summed E-state index contributed by atoms with van der Waals surface area (Å²) in [6.07, 6.45) is 2.28. The molecule has 216 valence electrons. The SMILES string of the molecule is CC(C)OC(=O)OC[C@H](CCN1CCC2(CC2)[C@H](O)C1)N1CCN(C(=O)Nc2ccc(Cl)c(Cl)c2)[C@@H](C)C1=O. The molecule has 1 spiro atoms. The van der Waals surface area contributed by atoms with Gasteiger partial charge in [0.1, 0.15) is 12.6 Å². The number of benzene rings is 1. The molecule has 1 aliphatic carbocycles. The molecule has 2 heterocycles. The number of piperazine rings is 1. The summed E-state index contributed by atoms with van der Waals surface area (Å²) in [7, 11) is 0. The molecule has 0 unspecified atom stereocenters. The minimum Gasteiger partial charge on any atom is -0.432 e. The third kappa shape index (κ3) is 7.28. The van der Waals surface area contributed by atoms with Crippen LogP contribution < -0.4 is 5.32 Å². The minimum atomic E-state index is -0.779. The second kappa shape index (κ2) is 12.5. The number of β-amino-alcohol motifs (C(OH)–C–C–N with tert-alkyl or cyclic N) is 1. The first-order chi connectivity index (χ1) is 18.5. The summed E-state index contributed by atoms with van der Waals surface area (Å²) in [6.45, 7) is 7.89. The van der Waals surface area contributed by atoms with Gasteiger partial charge in [-0.05, 0) is 76.6 Å². The molecule has 0 aromatic heterocycles. The van der Waals surface area contributed by atoms with Crippen molar-refractivity contribution in [1.82, 2.24) is 14.7 Å². The van der Waals surface area contributed by atoms with Crippen LogP contribution in [0.4, 0.5) is 15.3 Å². The van der Waals surface area contributed by atoms with Crippen LogP contribution >= 0.6 is 23.2 Å². The van der Waals surface area contributed by atoms with E-state index in [1.165, 1.54) is 4.90 Å². The summed E-state index contributed by atoms with van der Waals surface area (Å²) in [4.78, 5) is 44.0. The standard InChI is InChI=1S/C27H38Cl2N4O6/c1-17(2)39-26(37)38-16-20(6-10-31-11-9-27(7-8-27)23(34)15-31)33-13-12-32(18(3)24(33)35)25(36)30-19-4-5-21(28)22(29)14-19/h4-5,14,17-18,20,23,34H,6-13,15-16H2,1-3H3,(H,30,36)/t18-,20-,23+/m0/s1. The molecule has 1 saturated carbocycles. The van der Waals surface area contributed by atoms with E-state index < -0.39 is 24.3 Å². The first kappa shape index (κ1) is 29.7. The summed E-state index contributed by atoms with van der Waals surface area (Å²) >= 11 is 12.0. The van der Waals surface area contributed by atoms with Crippen LogP contribution in [-0.2, 0) is 14.3 Å². The summed E-state index contributed by atoms with van der Waals surface area (Å²) in [5.41, 5.74) is 0.585. The van der Waals surface area contributed by atoms with Crippen molar-refractivity contribution in [1.29, 1.82) is 0 Å². The zero-order valence-corrected chi connectivity index (χ0v) is 24.2. The van der Waals surface area contributed by atoms with Gasteiger partial charge >= 0.3 is 12.2 Å². The smallest absolute Gasteiger partial charge is 0.432 e. The molecule has 1 aromatic rings. The minimum absolute atomic E-state index is 0.0141. The number of rotatable bonds is 8. The van der Waals surface area contributed by atoms with E-state index in [4.69, 9.17) is 32.7 Å². The molecular weight excluding hydrogens is 547 g/mol. The predicted molar refractivity (Wildman–Crippen MR) is 148 cm³/mol. The highest BCUT2D eigenvalue weighted by atomic mass is 35.5. The molecule has 3 aliphatic rings. The Morgan fingerprint density at radius 1 is 1.15 bits per heavy atom. The van der Waals surface area contributed by atoms with Crippen molar-refractivity contribution in [2.24, 2.45) is 5.41 Å². The Morgan fingerprint density at radius 3 is 2.54 bits per heavy atom. The number of aliphatic hydroxyl groups is 1. The monoisotopic (exact) mass is 584 g/mol. The van der Waals surface area contributed by atoms with Crippen LogP contribution in [0.15, 0.2) is 18.2 Å². The summed E-state index contributed by atoms with van der Waals surface area (Å²) in [5.74, 6) is -0.230. The Bertz CT molecular complexity index is 1070. The number of ether oxygens (including phenoxy) is 2. The van der Waals surface area contributed by atoms with Gasteiger partial charge < -0.3 is 34.6 Å². The largest absolute Gasteiger partial charge is 0.508 e. The molecule has 10 nitrogen and oxygen atoms in total. The maximum absolute atomic E-state index is 13.5. The number of likely N-dealkylation sites (tertiary alicyclic amines) is 1. The Kier molecular flexibility index (Phi) is 9.52. The van der Waals surface area contributed by atoms with Gasteiger partial charge in [0, 0.05) is 31.9 Å². The van der Waals surface area contributed by atoms with Crippen molar-refractivity contribution in [2.45, 2.75) is 70.7 Å². The lowest BCUT2D eigenvalue weighted by molar-refractivity contribution is -0.143. The number of nitrogens with zero attached hydrogens (tertiary/aromatic N) is 3. The maximum atomic E-state index is 13.5. The van der Waals surface area contributed by atoms with E-state index in [2.05, 4.69) is 10.2 Å². The lowest BCUT2D eigenvalue weighted by atomic mass is 9.90. The molecule has 12 heteroatoms. The highest BCUT2D eigenvalue weighted by Gasteiger charge is 2.51. The maximum Gasteiger partial charge on any atom is 0.508 e. The fraction of sp³-hybridized carbons (Fsp3) is 0.667. The van der Waals surface area contributed by atoms with Gasteiger partial charge in [-0.3, -0.25) is 4.79 Å². The van der Waals surface area contributed by atoms with Crippen molar-refractivity contribution in [2.75, 3.05) is 44.6 Å². The quantitative estimate of drug-likeness (QED) is 0.440. The molecule has 3 amide bonds. The van der Waals surface area contributed by atoms with E-state index in [9.17, 15) is 19.5 Å². The van der Waals surface area contributed by atoms with E-state index in [-0.39, 0.29) is 36.7 Å². The van der Waals surface area contributed by atoms with E-state index in [0.717, 1.165) is 25.8 Å². The Morgan fingerprint density at radius 2 is 1.90 bits per heavy atom. The summed E-state index contributed by atoms with van der Waals surface area (Å²) < 4.78 is 10.5. The second-order valence-corrected chi connectivity index (χ2v) is 11.9. The van der Waals surface area contributed by atoms with Gasteiger partial charge in [0.25, 0.3) is 0 Å². The molecule has 2 aliphatic heterocycles. The molecule has 0 radical (unpaired) electrons. The number of piperidine rings is 1. The number of carbonyl (C=O) groups is 3. The molecule has 2 N–H and O–H groups in total. The first-order valence-corrected chi connectivity index (χ1v) is 14.3. The molecule has 39 heavy (non-hydrogen) atoms. The Hall–Kier alpha value is -2.27. The lowest BCUT2D eigenvalue weighted by Crippen LogP contribution is -2.61. The van der Waals surface area contributed by atoms with Crippen LogP contribution in [0.25, 0.3) is 0 Å². The normalized spacial score (nSPS) is 23.6. The lowest BCUT2D eigenvalue weighted by Gasteiger charge is -2.43. The number of halogens is 2. The van der Waals surface area contributed by atoms with Crippen LogP contribution in [0.3, 0.4) is 0 Å². The highest BCUT2D eigenvalue weighted by Crippen LogP contribution is 2.53. The molecule has 0 bridgehead atoms. The van der Waals surface area contributed by atoms with Gasteiger partial charge in [-0.1, -0.05) is 23.2 Å². The van der Waals surface area contributed by atoms with Crippen LogP contribution in [-0.4, -0.2) is 102 Å². The second-order valence-electron chi connectivity index (χ2n) is 11.1. The number of anilines is 1. The number of hydrogen-bond acceptors (Lipinski definition) is 7. The number of urea groups is 1. The molecule has 3 atom stereocenters. The van der Waals surface area contributed by atoms with Gasteiger partial charge in [0.05, 0.1) is 28.3 Å². The molecule has 3 fully saturated rings. The van der Waals surface area contributed by atoms with E-state index in [1.54, 1.807) is 43.9 Å². The van der Waals surface area contributed by atoms with Crippen molar-refractivity contribution >= 4 is 47.0 Å². The van der Waals surface area contributed by atoms with Gasteiger partial charge in [0.2, 0.25) is 5.91 Å². The van der Waals surface area contributed by atoms with E-state index in [0.29, 0.717) is 41.8 Å². The number of nitrogens with one attached hydrogen (secondary N) is 1. The number of aliphatic hydroxyl groups excluding tert-OH is 1. The fourth-order valence-electron chi connectivity index (χ4n) is 5.38.